The Bertz CT molecular complexity index is 901. The maximum absolute atomic E-state index is 12.5. The summed E-state index contributed by atoms with van der Waals surface area (Å²) in [5.41, 5.74) is 3.06. The highest BCUT2D eigenvalue weighted by atomic mass is 79.9. The zero-order valence-electron chi connectivity index (χ0n) is 14.7. The van der Waals surface area contributed by atoms with Crippen LogP contribution in [0.2, 0.25) is 0 Å². The number of benzene rings is 2. The summed E-state index contributed by atoms with van der Waals surface area (Å²) in [5, 5.41) is 4.29. The molecule has 1 atom stereocenters. The second kappa shape index (κ2) is 7.42. The number of para-hydroxylation sites is 1. The van der Waals surface area contributed by atoms with Crippen molar-refractivity contribution < 1.29 is 4.79 Å². The number of aromatic nitrogens is 1. The van der Waals surface area contributed by atoms with Gasteiger partial charge >= 0.3 is 0 Å². The normalized spacial score (nSPS) is 12.5. The number of nitrogens with one attached hydrogen (secondary N) is 1. The van der Waals surface area contributed by atoms with Crippen LogP contribution in [0.5, 0.6) is 0 Å². The maximum atomic E-state index is 12.5. The van der Waals surface area contributed by atoms with Crippen molar-refractivity contribution in [2.75, 3.05) is 20.6 Å². The van der Waals surface area contributed by atoms with E-state index in [1.165, 1.54) is 16.5 Å². The number of carbonyl (C=O) groups is 1. The fraction of sp³-hybridized carbons (Fsp3) is 0.250. The Morgan fingerprint density at radius 1 is 1.16 bits per heavy atom. The van der Waals surface area contributed by atoms with Gasteiger partial charge in [-0.3, -0.25) is 4.79 Å². The predicted octanol–water partition coefficient (Wildman–Crippen LogP) is 3.97. The van der Waals surface area contributed by atoms with Crippen molar-refractivity contribution in [1.82, 2.24) is 14.8 Å². The lowest BCUT2D eigenvalue weighted by molar-refractivity contribution is 0.0941. The number of rotatable bonds is 5. The van der Waals surface area contributed by atoms with E-state index in [-0.39, 0.29) is 11.9 Å². The Hall–Kier alpha value is -2.11. The van der Waals surface area contributed by atoms with Crippen molar-refractivity contribution in [3.63, 3.8) is 0 Å². The molecular weight excluding hydrogens is 378 g/mol. The molecule has 0 bridgehead atoms. The van der Waals surface area contributed by atoms with Crippen molar-refractivity contribution in [3.05, 3.63) is 70.3 Å². The highest BCUT2D eigenvalue weighted by molar-refractivity contribution is 9.10. The fourth-order valence-electron chi connectivity index (χ4n) is 3.14. The number of carbonyl (C=O) groups excluding carboxylic acids is 1. The Kier molecular flexibility index (Phi) is 5.25. The molecule has 0 unspecified atom stereocenters. The van der Waals surface area contributed by atoms with Crippen molar-refractivity contribution in [2.45, 2.75) is 6.04 Å². The lowest BCUT2D eigenvalue weighted by Gasteiger charge is -2.24. The van der Waals surface area contributed by atoms with Crippen LogP contribution in [-0.4, -0.2) is 36.0 Å². The zero-order chi connectivity index (χ0) is 18.0. The van der Waals surface area contributed by atoms with E-state index < -0.39 is 0 Å². The summed E-state index contributed by atoms with van der Waals surface area (Å²) >= 11 is 3.44. The summed E-state index contributed by atoms with van der Waals surface area (Å²) in [5.74, 6) is -0.0699. The molecule has 0 aliphatic heterocycles. The molecule has 4 nitrogen and oxygen atoms in total. The number of likely N-dealkylation sites (N-methyl/N-ethyl adjacent to an activating group) is 1. The number of hydrogen-bond donors (Lipinski definition) is 1. The average molecular weight is 400 g/mol. The van der Waals surface area contributed by atoms with Gasteiger partial charge in [-0.15, -0.1) is 0 Å². The van der Waals surface area contributed by atoms with Crippen LogP contribution >= 0.6 is 15.9 Å². The van der Waals surface area contributed by atoms with Crippen LogP contribution in [0.3, 0.4) is 0 Å². The van der Waals surface area contributed by atoms with E-state index in [4.69, 9.17) is 0 Å². The Balaban J connectivity index is 1.85. The summed E-state index contributed by atoms with van der Waals surface area (Å²) in [7, 11) is 6.13. The second-order valence-corrected chi connectivity index (χ2v) is 7.24. The van der Waals surface area contributed by atoms with Crippen LogP contribution in [0.4, 0.5) is 0 Å². The first-order chi connectivity index (χ1) is 12.0. The van der Waals surface area contributed by atoms with Crippen LogP contribution < -0.4 is 5.32 Å². The van der Waals surface area contributed by atoms with Crippen LogP contribution in [0.15, 0.2) is 59.2 Å². The molecule has 25 heavy (non-hydrogen) atoms. The second-order valence-electron chi connectivity index (χ2n) is 6.38. The SMILES string of the molecule is CN(C)[C@@H](CNC(=O)c1ccccc1Br)c1cn(C)c2ccccc12. The molecule has 5 heteroatoms. The van der Waals surface area contributed by atoms with Crippen molar-refractivity contribution in [3.8, 4) is 0 Å². The fourth-order valence-corrected chi connectivity index (χ4v) is 3.60. The number of amides is 1. The molecular formula is C20H22BrN3O. The van der Waals surface area contributed by atoms with E-state index in [0.29, 0.717) is 12.1 Å². The number of hydrogen-bond acceptors (Lipinski definition) is 2. The third-order valence-corrected chi connectivity index (χ3v) is 5.18. The third-order valence-electron chi connectivity index (χ3n) is 4.48. The number of aryl methyl sites for hydroxylation is 1. The van der Waals surface area contributed by atoms with Gasteiger partial charge in [0, 0.05) is 35.2 Å². The minimum Gasteiger partial charge on any atom is -0.350 e. The van der Waals surface area contributed by atoms with Gasteiger partial charge in [-0.2, -0.15) is 0 Å². The molecule has 3 aromatic rings. The molecule has 0 saturated carbocycles. The molecule has 0 aliphatic carbocycles. The molecule has 1 aromatic heterocycles. The minimum atomic E-state index is -0.0699. The van der Waals surface area contributed by atoms with Gasteiger partial charge in [0.15, 0.2) is 0 Å². The number of nitrogens with zero attached hydrogens (tertiary/aromatic N) is 2. The molecule has 3 rings (SSSR count). The molecule has 1 heterocycles. The highest BCUT2D eigenvalue weighted by Gasteiger charge is 2.20. The van der Waals surface area contributed by atoms with Crippen LogP contribution in [-0.2, 0) is 7.05 Å². The van der Waals surface area contributed by atoms with Gasteiger partial charge in [0.1, 0.15) is 0 Å². The molecule has 0 aliphatic rings. The average Bonchev–Trinajstić information content (AvgIpc) is 2.92. The van der Waals surface area contributed by atoms with E-state index in [1.807, 2.05) is 44.4 Å². The third kappa shape index (κ3) is 3.62. The van der Waals surface area contributed by atoms with E-state index in [2.05, 4.69) is 62.2 Å². The van der Waals surface area contributed by atoms with Gasteiger partial charge in [0.25, 0.3) is 5.91 Å². The van der Waals surface area contributed by atoms with Gasteiger partial charge in [-0.25, -0.2) is 0 Å². The Morgan fingerprint density at radius 3 is 2.56 bits per heavy atom. The first-order valence-corrected chi connectivity index (χ1v) is 9.01. The molecule has 0 saturated heterocycles. The van der Waals surface area contributed by atoms with Gasteiger partial charge in [0.05, 0.1) is 11.6 Å². The van der Waals surface area contributed by atoms with Gasteiger partial charge in [-0.1, -0.05) is 30.3 Å². The molecule has 0 fully saturated rings. The summed E-state index contributed by atoms with van der Waals surface area (Å²) < 4.78 is 2.94. The maximum Gasteiger partial charge on any atom is 0.252 e. The number of halogens is 1. The molecule has 1 N–H and O–H groups in total. The topological polar surface area (TPSA) is 37.3 Å². The summed E-state index contributed by atoms with van der Waals surface area (Å²) in [6.45, 7) is 0.543. The summed E-state index contributed by atoms with van der Waals surface area (Å²) in [4.78, 5) is 14.7. The molecule has 0 radical (unpaired) electrons. The molecule has 1 amide bonds. The van der Waals surface area contributed by atoms with Crippen LogP contribution in [0.25, 0.3) is 10.9 Å². The van der Waals surface area contributed by atoms with Gasteiger partial charge < -0.3 is 14.8 Å². The lowest BCUT2D eigenvalue weighted by atomic mass is 10.0. The van der Waals surface area contributed by atoms with Crippen LogP contribution in [0.1, 0.15) is 22.0 Å². The first kappa shape index (κ1) is 17.7. The molecule has 130 valence electrons. The van der Waals surface area contributed by atoms with E-state index in [9.17, 15) is 4.79 Å². The highest BCUT2D eigenvalue weighted by Crippen LogP contribution is 2.28. The van der Waals surface area contributed by atoms with E-state index >= 15 is 0 Å². The molecule has 0 spiro atoms. The zero-order valence-corrected chi connectivity index (χ0v) is 16.2. The number of fused-ring (bicyclic) bond motifs is 1. The van der Waals surface area contributed by atoms with E-state index in [1.54, 1.807) is 0 Å². The Labute approximate surface area is 156 Å². The van der Waals surface area contributed by atoms with E-state index in [0.717, 1.165) is 4.47 Å². The summed E-state index contributed by atoms with van der Waals surface area (Å²) in [6, 6.07) is 15.9. The smallest absolute Gasteiger partial charge is 0.252 e. The van der Waals surface area contributed by atoms with Crippen molar-refractivity contribution >= 4 is 32.7 Å². The standard InChI is InChI=1S/C20H22BrN3O/c1-23(2)19(12-22-20(25)15-9-4-6-10-17(15)21)16-13-24(3)18-11-7-5-8-14(16)18/h4-11,13,19H,12H2,1-3H3,(H,22,25)/t19-/m0/s1. The van der Waals surface area contributed by atoms with Crippen LogP contribution in [0, 0.1) is 0 Å². The largest absolute Gasteiger partial charge is 0.350 e. The monoisotopic (exact) mass is 399 g/mol. The van der Waals surface area contributed by atoms with Crippen molar-refractivity contribution in [2.24, 2.45) is 7.05 Å². The van der Waals surface area contributed by atoms with Crippen molar-refractivity contribution in [1.29, 1.82) is 0 Å². The Morgan fingerprint density at radius 2 is 1.84 bits per heavy atom. The van der Waals surface area contributed by atoms with Gasteiger partial charge in [-0.05, 0) is 53.8 Å². The predicted molar refractivity (Wildman–Crippen MR) is 106 cm³/mol. The van der Waals surface area contributed by atoms with Gasteiger partial charge in [0.2, 0.25) is 0 Å². The summed E-state index contributed by atoms with van der Waals surface area (Å²) in [6.07, 6.45) is 2.15. The lowest BCUT2D eigenvalue weighted by Crippen LogP contribution is -2.34. The molecule has 2 aromatic carbocycles. The minimum absolute atomic E-state index is 0.0699. The quantitative estimate of drug-likeness (QED) is 0.704. The first-order valence-electron chi connectivity index (χ1n) is 8.22.